The summed E-state index contributed by atoms with van der Waals surface area (Å²) in [7, 11) is 0. The Morgan fingerprint density at radius 1 is 0.818 bits per heavy atom. The third-order valence-electron chi connectivity index (χ3n) is 6.43. The molecule has 2 rings (SSSR count). The Morgan fingerprint density at radius 3 is 1.77 bits per heavy atom. The van der Waals surface area contributed by atoms with Crippen molar-refractivity contribution in [2.45, 2.75) is 96.8 Å². The lowest BCUT2D eigenvalue weighted by molar-refractivity contribution is -0.137. The summed E-state index contributed by atoms with van der Waals surface area (Å²) >= 11 is 0. The standard InChI is InChI=1S/C20H36O2/c1-2-3-4-5-16-6-11-18(12-7-16)19-13-8-17(9-14-19)10-15-20(21)22/h16-19H,2-15H2,1H3,(H,21,22)/t16-,17?,18-,19?. The summed E-state index contributed by atoms with van der Waals surface area (Å²) in [5.41, 5.74) is 0. The molecule has 0 amide bonds. The highest BCUT2D eigenvalue weighted by atomic mass is 16.4. The van der Waals surface area contributed by atoms with Crippen LogP contribution in [0.5, 0.6) is 0 Å². The van der Waals surface area contributed by atoms with Gasteiger partial charge in [-0.2, -0.15) is 0 Å². The first kappa shape index (κ1) is 17.8. The summed E-state index contributed by atoms with van der Waals surface area (Å²) < 4.78 is 0. The van der Waals surface area contributed by atoms with Crippen molar-refractivity contribution in [2.24, 2.45) is 23.7 Å². The zero-order valence-electron chi connectivity index (χ0n) is 14.6. The summed E-state index contributed by atoms with van der Waals surface area (Å²) in [4.78, 5) is 10.7. The molecule has 0 bridgehead atoms. The van der Waals surface area contributed by atoms with Gasteiger partial charge in [0.25, 0.3) is 0 Å². The van der Waals surface area contributed by atoms with Crippen LogP contribution < -0.4 is 0 Å². The van der Waals surface area contributed by atoms with Crippen LogP contribution in [-0.2, 0) is 4.79 Å². The van der Waals surface area contributed by atoms with Crippen LogP contribution in [0.3, 0.4) is 0 Å². The van der Waals surface area contributed by atoms with Crippen LogP contribution in [0.1, 0.15) is 96.8 Å². The van der Waals surface area contributed by atoms with Gasteiger partial charge in [-0.3, -0.25) is 4.79 Å². The second kappa shape index (κ2) is 9.57. The Bertz CT molecular complexity index is 310. The minimum Gasteiger partial charge on any atom is -0.481 e. The molecule has 2 saturated carbocycles. The normalized spacial score (nSPS) is 32.8. The van der Waals surface area contributed by atoms with Crippen molar-refractivity contribution in [1.82, 2.24) is 0 Å². The lowest BCUT2D eigenvalue weighted by atomic mass is 9.68. The molecule has 0 radical (unpaired) electrons. The van der Waals surface area contributed by atoms with Gasteiger partial charge in [-0.15, -0.1) is 0 Å². The van der Waals surface area contributed by atoms with E-state index >= 15 is 0 Å². The molecule has 0 aliphatic heterocycles. The van der Waals surface area contributed by atoms with E-state index in [1.165, 1.54) is 77.0 Å². The first-order valence-corrected chi connectivity index (χ1v) is 9.90. The molecule has 128 valence electrons. The Kier molecular flexibility index (Phi) is 7.75. The van der Waals surface area contributed by atoms with Crippen LogP contribution in [0.15, 0.2) is 0 Å². The lowest BCUT2D eigenvalue weighted by Gasteiger charge is -2.38. The van der Waals surface area contributed by atoms with Crippen LogP contribution in [0.2, 0.25) is 0 Å². The van der Waals surface area contributed by atoms with Gasteiger partial charge in [0.1, 0.15) is 0 Å². The molecule has 2 fully saturated rings. The summed E-state index contributed by atoms with van der Waals surface area (Å²) in [5.74, 6) is 3.04. The largest absolute Gasteiger partial charge is 0.481 e. The van der Waals surface area contributed by atoms with Gasteiger partial charge in [0, 0.05) is 6.42 Å². The van der Waals surface area contributed by atoms with Crippen molar-refractivity contribution in [3.63, 3.8) is 0 Å². The van der Waals surface area contributed by atoms with Crippen molar-refractivity contribution in [2.75, 3.05) is 0 Å². The van der Waals surface area contributed by atoms with E-state index in [2.05, 4.69) is 6.92 Å². The molecule has 0 aromatic carbocycles. The maximum absolute atomic E-state index is 10.7. The SMILES string of the molecule is CCCCC[C@H]1CC[C@H](C2CCC(CCC(=O)O)CC2)CC1. The average molecular weight is 309 g/mol. The Hall–Kier alpha value is -0.530. The van der Waals surface area contributed by atoms with Crippen LogP contribution in [0.4, 0.5) is 0 Å². The Balaban J connectivity index is 1.61. The molecule has 0 atom stereocenters. The third-order valence-corrected chi connectivity index (χ3v) is 6.43. The third kappa shape index (κ3) is 5.93. The van der Waals surface area contributed by atoms with Crippen molar-refractivity contribution in [1.29, 1.82) is 0 Å². The van der Waals surface area contributed by atoms with Gasteiger partial charge in [-0.05, 0) is 55.8 Å². The van der Waals surface area contributed by atoms with Crippen LogP contribution >= 0.6 is 0 Å². The minimum atomic E-state index is -0.622. The van der Waals surface area contributed by atoms with E-state index in [4.69, 9.17) is 5.11 Å². The fourth-order valence-corrected chi connectivity index (χ4v) is 4.91. The van der Waals surface area contributed by atoms with E-state index in [1.807, 2.05) is 0 Å². The smallest absolute Gasteiger partial charge is 0.303 e. The number of aliphatic carboxylic acids is 1. The van der Waals surface area contributed by atoms with Gasteiger partial charge < -0.3 is 5.11 Å². The number of unbranched alkanes of at least 4 members (excludes halogenated alkanes) is 2. The van der Waals surface area contributed by atoms with Crippen LogP contribution in [0, 0.1) is 23.7 Å². The molecule has 0 unspecified atom stereocenters. The second-order valence-electron chi connectivity index (χ2n) is 7.99. The number of hydrogen-bond acceptors (Lipinski definition) is 1. The predicted molar refractivity (Wildman–Crippen MR) is 91.9 cm³/mol. The number of hydrogen-bond donors (Lipinski definition) is 1. The van der Waals surface area contributed by atoms with Crippen molar-refractivity contribution in [3.05, 3.63) is 0 Å². The topological polar surface area (TPSA) is 37.3 Å². The monoisotopic (exact) mass is 308 g/mol. The molecule has 0 heterocycles. The lowest BCUT2D eigenvalue weighted by Crippen LogP contribution is -2.26. The summed E-state index contributed by atoms with van der Waals surface area (Å²) in [6.07, 6.45) is 18.2. The van der Waals surface area contributed by atoms with Gasteiger partial charge in [-0.25, -0.2) is 0 Å². The van der Waals surface area contributed by atoms with E-state index in [0.29, 0.717) is 12.3 Å². The molecular formula is C20H36O2. The van der Waals surface area contributed by atoms with E-state index in [9.17, 15) is 4.79 Å². The fraction of sp³-hybridized carbons (Fsp3) is 0.950. The quantitative estimate of drug-likeness (QED) is 0.555. The number of carbonyl (C=O) groups is 1. The van der Waals surface area contributed by atoms with Gasteiger partial charge in [0.2, 0.25) is 0 Å². The van der Waals surface area contributed by atoms with Crippen LogP contribution in [0.25, 0.3) is 0 Å². The Labute approximate surface area is 137 Å². The molecule has 0 spiro atoms. The van der Waals surface area contributed by atoms with Crippen molar-refractivity contribution in [3.8, 4) is 0 Å². The molecule has 0 saturated heterocycles. The first-order chi connectivity index (χ1) is 10.7. The predicted octanol–water partition coefficient (Wildman–Crippen LogP) is 6.04. The van der Waals surface area contributed by atoms with Gasteiger partial charge in [0.15, 0.2) is 0 Å². The van der Waals surface area contributed by atoms with E-state index in [-0.39, 0.29) is 0 Å². The van der Waals surface area contributed by atoms with E-state index in [1.54, 1.807) is 0 Å². The van der Waals surface area contributed by atoms with E-state index in [0.717, 1.165) is 24.2 Å². The fourth-order valence-electron chi connectivity index (χ4n) is 4.91. The highest BCUT2D eigenvalue weighted by Crippen LogP contribution is 2.43. The molecule has 2 aliphatic carbocycles. The molecule has 2 aliphatic rings. The zero-order chi connectivity index (χ0) is 15.8. The first-order valence-electron chi connectivity index (χ1n) is 9.90. The van der Waals surface area contributed by atoms with Gasteiger partial charge >= 0.3 is 5.97 Å². The maximum Gasteiger partial charge on any atom is 0.303 e. The molecule has 2 heteroatoms. The number of rotatable bonds is 8. The number of carboxylic acid groups (broad SMARTS) is 1. The molecule has 0 aromatic rings. The molecule has 2 nitrogen and oxygen atoms in total. The summed E-state index contributed by atoms with van der Waals surface area (Å²) in [5, 5.41) is 8.80. The van der Waals surface area contributed by atoms with Crippen molar-refractivity contribution < 1.29 is 9.90 Å². The highest BCUT2D eigenvalue weighted by Gasteiger charge is 2.30. The maximum atomic E-state index is 10.7. The minimum absolute atomic E-state index is 0.373. The van der Waals surface area contributed by atoms with Crippen LogP contribution in [-0.4, -0.2) is 11.1 Å². The second-order valence-corrected chi connectivity index (χ2v) is 7.99. The van der Waals surface area contributed by atoms with Gasteiger partial charge in [-0.1, -0.05) is 58.3 Å². The number of carboxylic acids is 1. The zero-order valence-corrected chi connectivity index (χ0v) is 14.6. The molecule has 1 N–H and O–H groups in total. The summed E-state index contributed by atoms with van der Waals surface area (Å²) in [6.45, 7) is 2.30. The molecule has 0 aromatic heterocycles. The Morgan fingerprint density at radius 2 is 1.32 bits per heavy atom. The molecular weight excluding hydrogens is 272 g/mol. The van der Waals surface area contributed by atoms with E-state index < -0.39 is 5.97 Å². The summed E-state index contributed by atoms with van der Waals surface area (Å²) in [6, 6.07) is 0. The van der Waals surface area contributed by atoms with Crippen molar-refractivity contribution >= 4 is 5.97 Å². The highest BCUT2D eigenvalue weighted by molar-refractivity contribution is 5.66. The molecule has 22 heavy (non-hydrogen) atoms. The van der Waals surface area contributed by atoms with Gasteiger partial charge in [0.05, 0.1) is 0 Å². The average Bonchev–Trinajstić information content (AvgIpc) is 2.54.